The molecule has 2 nitrogen and oxygen atoms in total. The van der Waals surface area contributed by atoms with Crippen molar-refractivity contribution >= 4 is 17.6 Å². The predicted molar refractivity (Wildman–Crippen MR) is 69.7 cm³/mol. The van der Waals surface area contributed by atoms with Gasteiger partial charge in [-0.15, -0.1) is 11.8 Å². The lowest BCUT2D eigenvalue weighted by Gasteiger charge is -2.08. The van der Waals surface area contributed by atoms with Crippen LogP contribution in [0.15, 0.2) is 47.5 Å². The monoisotopic (exact) mass is 284 g/mol. The molecule has 6 heteroatoms. The summed E-state index contributed by atoms with van der Waals surface area (Å²) in [6.45, 7) is 0. The molecule has 0 fully saturated rings. The van der Waals surface area contributed by atoms with Gasteiger partial charge in [0.05, 0.1) is 5.56 Å². The highest BCUT2D eigenvalue weighted by Gasteiger charge is 2.30. The van der Waals surface area contributed by atoms with E-state index in [2.05, 4.69) is 4.98 Å². The Balaban J connectivity index is 2.05. The van der Waals surface area contributed by atoms with Gasteiger partial charge in [0.2, 0.25) is 0 Å². The minimum Gasteiger partial charge on any atom is -0.384 e. The number of thioether (sulfide) groups is 1. The molecule has 1 heterocycles. The fourth-order valence-electron chi connectivity index (χ4n) is 1.48. The first-order valence-corrected chi connectivity index (χ1v) is 6.44. The molecule has 0 radical (unpaired) electrons. The van der Waals surface area contributed by atoms with Crippen molar-refractivity contribution < 1.29 is 13.2 Å². The molecular formula is C13H11F3N2S. The zero-order valence-electron chi connectivity index (χ0n) is 9.82. The smallest absolute Gasteiger partial charge is 0.384 e. The molecule has 0 bridgehead atoms. The minimum atomic E-state index is -4.30. The quantitative estimate of drug-likeness (QED) is 0.867. The second-order valence-electron chi connectivity index (χ2n) is 3.91. The Morgan fingerprint density at radius 3 is 2.58 bits per heavy atom. The van der Waals surface area contributed by atoms with Gasteiger partial charge in [0.25, 0.3) is 0 Å². The van der Waals surface area contributed by atoms with Crippen molar-refractivity contribution in [2.75, 3.05) is 5.73 Å². The van der Waals surface area contributed by atoms with Gasteiger partial charge >= 0.3 is 6.18 Å². The number of nitrogen functional groups attached to an aromatic ring is 1. The van der Waals surface area contributed by atoms with Crippen molar-refractivity contribution in [1.82, 2.24) is 4.98 Å². The zero-order chi connectivity index (χ0) is 13.9. The summed E-state index contributed by atoms with van der Waals surface area (Å²) >= 11 is 1.42. The number of benzene rings is 1. The number of anilines is 1. The molecule has 0 saturated heterocycles. The van der Waals surface area contributed by atoms with Crippen LogP contribution in [0.2, 0.25) is 0 Å². The van der Waals surface area contributed by atoms with E-state index in [1.807, 2.05) is 0 Å². The highest BCUT2D eigenvalue weighted by molar-refractivity contribution is 7.98. The third-order valence-corrected chi connectivity index (χ3v) is 3.47. The van der Waals surface area contributed by atoms with Gasteiger partial charge in [0, 0.05) is 16.8 Å². The van der Waals surface area contributed by atoms with Crippen molar-refractivity contribution in [3.8, 4) is 0 Å². The standard InChI is InChI=1S/C13H11F3N2S/c14-13(15,16)10-3-1-2-9(6-10)8-19-11-4-5-12(17)18-7-11/h1-7H,8H2,(H2,17,18). The summed E-state index contributed by atoms with van der Waals surface area (Å²) in [5, 5.41) is 0. The first-order valence-electron chi connectivity index (χ1n) is 5.45. The maximum Gasteiger partial charge on any atom is 0.416 e. The summed E-state index contributed by atoms with van der Waals surface area (Å²) in [6.07, 6.45) is -2.70. The third-order valence-electron chi connectivity index (χ3n) is 2.42. The average Bonchev–Trinajstić information content (AvgIpc) is 2.37. The van der Waals surface area contributed by atoms with Gasteiger partial charge < -0.3 is 5.73 Å². The van der Waals surface area contributed by atoms with Crippen LogP contribution < -0.4 is 5.73 Å². The topological polar surface area (TPSA) is 38.9 Å². The van der Waals surface area contributed by atoms with Gasteiger partial charge in [-0.3, -0.25) is 0 Å². The molecule has 1 aromatic carbocycles. The van der Waals surface area contributed by atoms with E-state index in [4.69, 9.17) is 5.73 Å². The van der Waals surface area contributed by atoms with Crippen LogP contribution in [0.5, 0.6) is 0 Å². The van der Waals surface area contributed by atoms with Crippen molar-refractivity contribution in [2.45, 2.75) is 16.8 Å². The second kappa shape index (κ2) is 5.52. The molecule has 100 valence electrons. The number of nitrogens with two attached hydrogens (primary N) is 1. The summed E-state index contributed by atoms with van der Waals surface area (Å²) in [4.78, 5) is 4.79. The van der Waals surface area contributed by atoms with Gasteiger partial charge in [0.15, 0.2) is 0 Å². The fraction of sp³-hybridized carbons (Fsp3) is 0.154. The second-order valence-corrected chi connectivity index (χ2v) is 4.95. The molecule has 2 aromatic rings. The largest absolute Gasteiger partial charge is 0.416 e. The molecule has 0 unspecified atom stereocenters. The number of hydrogen-bond acceptors (Lipinski definition) is 3. The molecule has 0 atom stereocenters. The number of pyridine rings is 1. The summed E-state index contributed by atoms with van der Waals surface area (Å²) in [7, 11) is 0. The SMILES string of the molecule is Nc1ccc(SCc2cccc(C(F)(F)F)c2)cn1. The number of aromatic nitrogens is 1. The van der Waals surface area contributed by atoms with E-state index in [9.17, 15) is 13.2 Å². The number of nitrogens with zero attached hydrogens (tertiary/aromatic N) is 1. The van der Waals surface area contributed by atoms with Crippen molar-refractivity contribution in [2.24, 2.45) is 0 Å². The summed E-state index contributed by atoms with van der Waals surface area (Å²) < 4.78 is 37.6. The zero-order valence-corrected chi connectivity index (χ0v) is 10.6. The van der Waals surface area contributed by atoms with Crippen LogP contribution in [0.4, 0.5) is 19.0 Å². The van der Waals surface area contributed by atoms with Crippen LogP contribution in [0.25, 0.3) is 0 Å². The lowest BCUT2D eigenvalue weighted by Crippen LogP contribution is -2.04. The number of hydrogen-bond donors (Lipinski definition) is 1. The van der Waals surface area contributed by atoms with Gasteiger partial charge in [0.1, 0.15) is 5.82 Å². The molecule has 0 spiro atoms. The Kier molecular flexibility index (Phi) is 3.99. The van der Waals surface area contributed by atoms with Crippen molar-refractivity contribution in [3.05, 3.63) is 53.7 Å². The predicted octanol–water partition coefficient (Wildman–Crippen LogP) is 3.97. The van der Waals surface area contributed by atoms with Gasteiger partial charge in [-0.1, -0.05) is 18.2 Å². The Morgan fingerprint density at radius 2 is 1.95 bits per heavy atom. The fourth-order valence-corrected chi connectivity index (χ4v) is 2.29. The van der Waals surface area contributed by atoms with E-state index in [1.54, 1.807) is 24.4 Å². The lowest BCUT2D eigenvalue weighted by molar-refractivity contribution is -0.137. The van der Waals surface area contributed by atoms with Crippen molar-refractivity contribution in [3.63, 3.8) is 0 Å². The average molecular weight is 284 g/mol. The van der Waals surface area contributed by atoms with Crippen molar-refractivity contribution in [1.29, 1.82) is 0 Å². The molecule has 2 N–H and O–H groups in total. The molecule has 0 aliphatic carbocycles. The van der Waals surface area contributed by atoms with E-state index >= 15 is 0 Å². The van der Waals surface area contributed by atoms with Crippen LogP contribution in [-0.2, 0) is 11.9 Å². The molecule has 1 aromatic heterocycles. The van der Waals surface area contributed by atoms with Gasteiger partial charge in [-0.25, -0.2) is 4.98 Å². The van der Waals surface area contributed by atoms with Crippen LogP contribution >= 0.6 is 11.8 Å². The highest BCUT2D eigenvalue weighted by atomic mass is 32.2. The number of halogens is 3. The Morgan fingerprint density at radius 1 is 1.16 bits per heavy atom. The Labute approximate surface area is 112 Å². The van der Waals surface area contributed by atoms with E-state index < -0.39 is 11.7 Å². The molecule has 0 aliphatic heterocycles. The number of rotatable bonds is 3. The normalized spacial score (nSPS) is 11.5. The Bertz CT molecular complexity index is 553. The summed E-state index contributed by atoms with van der Waals surface area (Å²) in [5.41, 5.74) is 5.45. The molecule has 0 amide bonds. The van der Waals surface area contributed by atoms with Crippen LogP contribution in [0.1, 0.15) is 11.1 Å². The van der Waals surface area contributed by atoms with Gasteiger partial charge in [-0.2, -0.15) is 13.2 Å². The van der Waals surface area contributed by atoms with Crippen LogP contribution in [0, 0.1) is 0 Å². The number of alkyl halides is 3. The maximum absolute atomic E-state index is 12.5. The third kappa shape index (κ3) is 3.89. The first kappa shape index (κ1) is 13.7. The first-order chi connectivity index (χ1) is 8.95. The minimum absolute atomic E-state index is 0.420. The molecule has 0 saturated carbocycles. The Hall–Kier alpha value is -1.69. The van der Waals surface area contributed by atoms with Crippen LogP contribution in [0.3, 0.4) is 0 Å². The molecule has 19 heavy (non-hydrogen) atoms. The van der Waals surface area contributed by atoms with Crippen LogP contribution in [-0.4, -0.2) is 4.98 Å². The summed E-state index contributed by atoms with van der Waals surface area (Å²) in [6, 6.07) is 8.78. The molecular weight excluding hydrogens is 273 g/mol. The lowest BCUT2D eigenvalue weighted by atomic mass is 10.1. The van der Waals surface area contributed by atoms with E-state index in [-0.39, 0.29) is 0 Å². The highest BCUT2D eigenvalue weighted by Crippen LogP contribution is 2.31. The van der Waals surface area contributed by atoms with E-state index in [0.29, 0.717) is 17.1 Å². The molecule has 0 aliphatic rings. The van der Waals surface area contributed by atoms with E-state index in [0.717, 1.165) is 17.0 Å². The van der Waals surface area contributed by atoms with Gasteiger partial charge in [-0.05, 0) is 23.8 Å². The maximum atomic E-state index is 12.5. The van der Waals surface area contributed by atoms with E-state index in [1.165, 1.54) is 17.8 Å². The summed E-state index contributed by atoms with van der Waals surface area (Å²) in [5.74, 6) is 0.874. The molecule has 2 rings (SSSR count).